The van der Waals surface area contributed by atoms with Crippen LogP contribution in [0.2, 0.25) is 5.02 Å². The van der Waals surface area contributed by atoms with Crippen LogP contribution in [0, 0.1) is 0 Å². The predicted octanol–water partition coefficient (Wildman–Crippen LogP) is 5.66. The summed E-state index contributed by atoms with van der Waals surface area (Å²) in [6.45, 7) is 0. The van der Waals surface area contributed by atoms with Crippen LogP contribution in [0.15, 0.2) is 78.9 Å². The molecule has 0 spiro atoms. The third kappa shape index (κ3) is 5.30. The number of benzene rings is 3. The molecule has 0 bridgehead atoms. The number of fused-ring (bicyclic) bond motifs is 1. The summed E-state index contributed by atoms with van der Waals surface area (Å²) in [6.07, 6.45) is 1.77. The van der Waals surface area contributed by atoms with Gasteiger partial charge in [-0.05, 0) is 53.8 Å². The van der Waals surface area contributed by atoms with Crippen LogP contribution in [0.5, 0.6) is 5.75 Å². The van der Waals surface area contributed by atoms with Gasteiger partial charge in [-0.25, -0.2) is 4.68 Å². The highest BCUT2D eigenvalue weighted by atomic mass is 35.5. The van der Waals surface area contributed by atoms with Crippen molar-refractivity contribution in [1.82, 2.24) is 14.8 Å². The van der Waals surface area contributed by atoms with E-state index in [4.69, 9.17) is 16.3 Å². The molecule has 35 heavy (non-hydrogen) atoms. The van der Waals surface area contributed by atoms with Gasteiger partial charge < -0.3 is 10.1 Å². The summed E-state index contributed by atoms with van der Waals surface area (Å²) in [5.74, 6) is 1.57. The van der Waals surface area contributed by atoms with Crippen molar-refractivity contribution in [3.05, 3.63) is 101 Å². The molecule has 2 heterocycles. The number of halogens is 1. The molecular formula is C27H26ClN5O2. The van der Waals surface area contributed by atoms with Gasteiger partial charge in [0.05, 0.1) is 19.2 Å². The molecule has 1 amide bonds. The van der Waals surface area contributed by atoms with Crippen molar-refractivity contribution in [2.75, 3.05) is 17.7 Å². The number of anilines is 2. The van der Waals surface area contributed by atoms with E-state index in [0.717, 1.165) is 28.9 Å². The zero-order valence-corrected chi connectivity index (χ0v) is 20.1. The van der Waals surface area contributed by atoms with Crippen molar-refractivity contribution in [2.45, 2.75) is 31.3 Å². The summed E-state index contributed by atoms with van der Waals surface area (Å²) >= 11 is 6.10. The second-order valence-corrected chi connectivity index (χ2v) is 8.95. The molecule has 7 nitrogen and oxygen atoms in total. The van der Waals surface area contributed by atoms with Gasteiger partial charge in [-0.3, -0.25) is 10.1 Å². The molecule has 1 aliphatic rings. The highest BCUT2D eigenvalue weighted by molar-refractivity contribution is 6.30. The van der Waals surface area contributed by atoms with Crippen LogP contribution in [0.4, 0.5) is 11.9 Å². The normalized spacial score (nSPS) is 16.7. The molecule has 2 atom stereocenters. The monoisotopic (exact) mass is 487 g/mol. The Balaban J connectivity index is 1.38. The Hall–Kier alpha value is -3.84. The van der Waals surface area contributed by atoms with Crippen molar-refractivity contribution >= 4 is 29.4 Å². The average molecular weight is 488 g/mol. The molecule has 3 aromatic carbocycles. The van der Waals surface area contributed by atoms with Gasteiger partial charge in [-0.15, -0.1) is 5.10 Å². The largest absolute Gasteiger partial charge is 0.497 e. The number of rotatable bonds is 7. The maximum Gasteiger partial charge on any atom is 0.250 e. The SMILES string of the molecule is COc1ccc([C@H]2C[C@@H](c3ccc(Cl)cc3)Nc3nc(NC(=O)CCc4ccccc4)nn32)cc1. The third-order valence-corrected chi connectivity index (χ3v) is 6.45. The molecule has 0 aliphatic carbocycles. The maximum atomic E-state index is 12.6. The van der Waals surface area contributed by atoms with Gasteiger partial charge in [0.15, 0.2) is 0 Å². The smallest absolute Gasteiger partial charge is 0.250 e. The summed E-state index contributed by atoms with van der Waals surface area (Å²) in [4.78, 5) is 17.2. The fourth-order valence-electron chi connectivity index (χ4n) is 4.34. The van der Waals surface area contributed by atoms with Crippen LogP contribution in [-0.2, 0) is 11.2 Å². The fourth-order valence-corrected chi connectivity index (χ4v) is 4.46. The second-order valence-electron chi connectivity index (χ2n) is 8.51. The molecule has 1 aliphatic heterocycles. The molecule has 1 aromatic heterocycles. The number of methoxy groups -OCH3 is 1. The summed E-state index contributed by atoms with van der Waals surface area (Å²) in [6, 6.07) is 25.7. The van der Waals surface area contributed by atoms with Crippen molar-refractivity contribution in [2.24, 2.45) is 0 Å². The minimum atomic E-state index is -0.118. The number of nitrogens with zero attached hydrogens (tertiary/aromatic N) is 3. The topological polar surface area (TPSA) is 81.1 Å². The third-order valence-electron chi connectivity index (χ3n) is 6.20. The van der Waals surface area contributed by atoms with E-state index in [0.29, 0.717) is 29.8 Å². The molecule has 0 saturated carbocycles. The number of aromatic nitrogens is 3. The van der Waals surface area contributed by atoms with Gasteiger partial charge in [-0.1, -0.05) is 66.2 Å². The highest BCUT2D eigenvalue weighted by Gasteiger charge is 2.31. The number of ether oxygens (including phenoxy) is 1. The first kappa shape index (κ1) is 22.9. The predicted molar refractivity (Wildman–Crippen MR) is 137 cm³/mol. The van der Waals surface area contributed by atoms with E-state index < -0.39 is 0 Å². The molecular weight excluding hydrogens is 462 g/mol. The number of hydrogen-bond acceptors (Lipinski definition) is 5. The number of nitrogens with one attached hydrogen (secondary N) is 2. The van der Waals surface area contributed by atoms with Gasteiger partial charge in [0.2, 0.25) is 11.9 Å². The van der Waals surface area contributed by atoms with E-state index in [9.17, 15) is 4.79 Å². The lowest BCUT2D eigenvalue weighted by Gasteiger charge is -2.31. The highest BCUT2D eigenvalue weighted by Crippen LogP contribution is 2.38. The first-order chi connectivity index (χ1) is 17.1. The lowest BCUT2D eigenvalue weighted by Crippen LogP contribution is -2.28. The Morgan fingerprint density at radius 1 is 1.06 bits per heavy atom. The van der Waals surface area contributed by atoms with Crippen molar-refractivity contribution in [3.63, 3.8) is 0 Å². The van der Waals surface area contributed by atoms with Crippen LogP contribution >= 0.6 is 11.6 Å². The van der Waals surface area contributed by atoms with Crippen molar-refractivity contribution in [3.8, 4) is 5.75 Å². The van der Waals surface area contributed by atoms with Gasteiger partial charge in [0, 0.05) is 11.4 Å². The van der Waals surface area contributed by atoms with Gasteiger partial charge >= 0.3 is 0 Å². The minimum Gasteiger partial charge on any atom is -0.497 e. The number of carbonyl (C=O) groups is 1. The minimum absolute atomic E-state index is 0.0118. The Morgan fingerprint density at radius 3 is 2.49 bits per heavy atom. The van der Waals surface area contributed by atoms with Crippen molar-refractivity contribution in [1.29, 1.82) is 0 Å². The molecule has 2 N–H and O–H groups in total. The quantitative estimate of drug-likeness (QED) is 0.351. The van der Waals surface area contributed by atoms with E-state index in [2.05, 4.69) is 20.7 Å². The second kappa shape index (κ2) is 10.2. The van der Waals surface area contributed by atoms with Crippen LogP contribution in [-0.4, -0.2) is 27.8 Å². The Morgan fingerprint density at radius 2 is 1.77 bits per heavy atom. The zero-order chi connectivity index (χ0) is 24.2. The van der Waals surface area contributed by atoms with Crippen LogP contribution in [0.1, 0.15) is 41.6 Å². The molecule has 0 radical (unpaired) electrons. The molecule has 8 heteroatoms. The van der Waals surface area contributed by atoms with E-state index in [-0.39, 0.29) is 18.0 Å². The average Bonchev–Trinajstić information content (AvgIpc) is 3.30. The van der Waals surface area contributed by atoms with Gasteiger partial charge in [0.25, 0.3) is 5.95 Å². The first-order valence-corrected chi connectivity index (χ1v) is 11.9. The zero-order valence-electron chi connectivity index (χ0n) is 19.3. The molecule has 4 aromatic rings. The lowest BCUT2D eigenvalue weighted by atomic mass is 9.93. The maximum absolute atomic E-state index is 12.6. The molecule has 5 rings (SSSR count). The van der Waals surface area contributed by atoms with Gasteiger partial charge in [-0.2, -0.15) is 4.98 Å². The number of hydrogen-bond donors (Lipinski definition) is 2. The van der Waals surface area contributed by atoms with Gasteiger partial charge in [0.1, 0.15) is 5.75 Å². The number of amides is 1. The van der Waals surface area contributed by atoms with Crippen LogP contribution in [0.3, 0.4) is 0 Å². The summed E-state index contributed by atoms with van der Waals surface area (Å²) in [5, 5.41) is 11.7. The van der Waals surface area contributed by atoms with Crippen molar-refractivity contribution < 1.29 is 9.53 Å². The Labute approximate surface area is 209 Å². The van der Waals surface area contributed by atoms with E-state index >= 15 is 0 Å². The van der Waals surface area contributed by atoms with Crippen LogP contribution in [0.25, 0.3) is 0 Å². The standard InChI is InChI=1S/C27H26ClN5O2/c1-35-22-14-10-20(11-15-22)24-17-23(19-8-12-21(28)13-9-19)29-27-31-26(32-33(24)27)30-25(34)16-7-18-5-3-2-4-6-18/h2-6,8-15,23-24H,7,16-17H2,1H3,(H2,29,30,31,32,34)/t23-,24+/m0/s1. The van der Waals surface area contributed by atoms with E-state index in [1.54, 1.807) is 7.11 Å². The Bertz CT molecular complexity index is 1290. The molecule has 0 unspecified atom stereocenters. The summed E-state index contributed by atoms with van der Waals surface area (Å²) < 4.78 is 7.17. The molecule has 178 valence electrons. The summed E-state index contributed by atoms with van der Waals surface area (Å²) in [7, 11) is 1.65. The number of aryl methyl sites for hydroxylation is 1. The molecule has 0 fully saturated rings. The van der Waals surface area contributed by atoms with E-state index in [1.807, 2.05) is 83.5 Å². The van der Waals surface area contributed by atoms with Crippen LogP contribution < -0.4 is 15.4 Å². The number of carbonyl (C=O) groups excluding carboxylic acids is 1. The summed E-state index contributed by atoms with van der Waals surface area (Å²) in [5.41, 5.74) is 3.31. The first-order valence-electron chi connectivity index (χ1n) is 11.6. The fraction of sp³-hybridized carbons (Fsp3) is 0.222. The Kier molecular flexibility index (Phi) is 6.68. The molecule has 0 saturated heterocycles. The lowest BCUT2D eigenvalue weighted by molar-refractivity contribution is -0.116. The van der Waals surface area contributed by atoms with E-state index in [1.165, 1.54) is 0 Å².